The van der Waals surface area contributed by atoms with Crippen LogP contribution in [0.5, 0.6) is 0 Å². The maximum atomic E-state index is 11.4. The van der Waals surface area contributed by atoms with Crippen molar-refractivity contribution in [2.75, 3.05) is 20.3 Å². The molecule has 2 amide bonds. The van der Waals surface area contributed by atoms with Crippen LogP contribution in [0.1, 0.15) is 20.8 Å². The van der Waals surface area contributed by atoms with Crippen molar-refractivity contribution in [3.05, 3.63) is 0 Å². The zero-order valence-corrected chi connectivity index (χ0v) is 9.39. The highest BCUT2D eigenvalue weighted by Gasteiger charge is 2.16. The van der Waals surface area contributed by atoms with Crippen molar-refractivity contribution in [3.63, 3.8) is 0 Å². The minimum Gasteiger partial charge on any atom is -0.383 e. The third-order valence-corrected chi connectivity index (χ3v) is 1.48. The summed E-state index contributed by atoms with van der Waals surface area (Å²) in [5, 5.41) is 5.51. The van der Waals surface area contributed by atoms with E-state index in [0.717, 1.165) is 0 Å². The monoisotopic (exact) mass is 203 g/mol. The van der Waals surface area contributed by atoms with Crippen molar-refractivity contribution < 1.29 is 9.53 Å². The lowest BCUT2D eigenvalue weighted by atomic mass is 10.1. The zero-order valence-electron chi connectivity index (χ0n) is 9.39. The van der Waals surface area contributed by atoms with Crippen LogP contribution >= 0.6 is 0 Å². The van der Waals surface area contributed by atoms with E-state index in [1.54, 1.807) is 7.11 Å². The first-order chi connectivity index (χ1) is 6.39. The minimum atomic E-state index is -0.240. The number of methoxy groups -OCH3 is 1. The standard InChI is InChI=1S/C9H21N3O2/c1-9(2,3)12-8(13)11-7(5-10)6-14-4/h7H,5-6,10H2,1-4H3,(H2,11,12,13). The summed E-state index contributed by atoms with van der Waals surface area (Å²) in [4.78, 5) is 11.4. The molecule has 0 aromatic heterocycles. The number of nitrogens with one attached hydrogen (secondary N) is 2. The summed E-state index contributed by atoms with van der Waals surface area (Å²) in [5.74, 6) is 0. The van der Waals surface area contributed by atoms with Gasteiger partial charge in [-0.3, -0.25) is 0 Å². The van der Waals surface area contributed by atoms with E-state index < -0.39 is 0 Å². The molecule has 0 aliphatic carbocycles. The molecular weight excluding hydrogens is 182 g/mol. The average Bonchev–Trinajstić information content (AvgIpc) is 2.00. The highest BCUT2D eigenvalue weighted by atomic mass is 16.5. The van der Waals surface area contributed by atoms with Crippen LogP contribution in [0.25, 0.3) is 0 Å². The SMILES string of the molecule is COCC(CN)NC(=O)NC(C)(C)C. The number of carbonyl (C=O) groups excluding carboxylic acids is 1. The van der Waals surface area contributed by atoms with Crippen molar-refractivity contribution in [2.24, 2.45) is 5.73 Å². The molecule has 1 unspecified atom stereocenters. The van der Waals surface area contributed by atoms with Crippen LogP contribution in [-0.4, -0.2) is 37.9 Å². The molecule has 0 fully saturated rings. The Morgan fingerprint density at radius 2 is 2.07 bits per heavy atom. The average molecular weight is 203 g/mol. The van der Waals surface area contributed by atoms with Crippen LogP contribution in [0.4, 0.5) is 4.79 Å². The van der Waals surface area contributed by atoms with Crippen molar-refractivity contribution in [1.29, 1.82) is 0 Å². The summed E-state index contributed by atoms with van der Waals surface area (Å²) in [5.41, 5.74) is 5.21. The smallest absolute Gasteiger partial charge is 0.315 e. The molecule has 0 radical (unpaired) electrons. The van der Waals surface area contributed by atoms with Crippen molar-refractivity contribution >= 4 is 6.03 Å². The Labute approximate surface area is 85.4 Å². The maximum absolute atomic E-state index is 11.4. The highest BCUT2D eigenvalue weighted by Crippen LogP contribution is 1.97. The van der Waals surface area contributed by atoms with Gasteiger partial charge in [-0.15, -0.1) is 0 Å². The highest BCUT2D eigenvalue weighted by molar-refractivity contribution is 5.75. The number of carbonyl (C=O) groups is 1. The number of hydrogen-bond donors (Lipinski definition) is 3. The Morgan fingerprint density at radius 1 is 1.50 bits per heavy atom. The lowest BCUT2D eigenvalue weighted by Crippen LogP contribution is -2.52. The largest absolute Gasteiger partial charge is 0.383 e. The second kappa shape index (κ2) is 5.82. The van der Waals surface area contributed by atoms with Crippen LogP contribution in [0, 0.1) is 0 Å². The third-order valence-electron chi connectivity index (χ3n) is 1.48. The Hall–Kier alpha value is -0.810. The lowest BCUT2D eigenvalue weighted by Gasteiger charge is -2.23. The minimum absolute atomic E-state index is 0.137. The summed E-state index contributed by atoms with van der Waals surface area (Å²) < 4.78 is 4.90. The molecule has 14 heavy (non-hydrogen) atoms. The normalized spacial score (nSPS) is 13.5. The Balaban J connectivity index is 3.91. The maximum Gasteiger partial charge on any atom is 0.315 e. The van der Waals surface area contributed by atoms with E-state index in [4.69, 9.17) is 10.5 Å². The van der Waals surface area contributed by atoms with Gasteiger partial charge in [-0.05, 0) is 20.8 Å². The Kier molecular flexibility index (Phi) is 5.49. The molecule has 0 saturated heterocycles. The molecular formula is C9H21N3O2. The van der Waals surface area contributed by atoms with Crippen LogP contribution < -0.4 is 16.4 Å². The second-order valence-electron chi connectivity index (χ2n) is 4.24. The molecule has 1 atom stereocenters. The van der Waals surface area contributed by atoms with E-state index in [1.807, 2.05) is 20.8 Å². The molecule has 0 aliphatic rings. The number of urea groups is 1. The summed E-state index contributed by atoms with van der Waals surface area (Å²) in [6, 6.07) is -0.354. The van der Waals surface area contributed by atoms with Crippen molar-refractivity contribution in [1.82, 2.24) is 10.6 Å². The first kappa shape index (κ1) is 13.2. The van der Waals surface area contributed by atoms with Gasteiger partial charge < -0.3 is 21.1 Å². The lowest BCUT2D eigenvalue weighted by molar-refractivity contribution is 0.166. The Bertz CT molecular complexity index is 177. The summed E-state index contributed by atoms with van der Waals surface area (Å²) >= 11 is 0. The van der Waals surface area contributed by atoms with Gasteiger partial charge >= 0.3 is 6.03 Å². The first-order valence-corrected chi connectivity index (χ1v) is 4.66. The molecule has 0 saturated carbocycles. The summed E-state index contributed by atoms with van der Waals surface area (Å²) in [7, 11) is 1.58. The number of rotatable bonds is 4. The van der Waals surface area contributed by atoms with E-state index in [0.29, 0.717) is 13.2 Å². The van der Waals surface area contributed by atoms with E-state index in [9.17, 15) is 4.79 Å². The van der Waals surface area contributed by atoms with Gasteiger partial charge in [-0.1, -0.05) is 0 Å². The zero-order chi connectivity index (χ0) is 11.2. The molecule has 0 spiro atoms. The fourth-order valence-electron chi connectivity index (χ4n) is 0.932. The predicted molar refractivity (Wildman–Crippen MR) is 56.1 cm³/mol. The molecule has 84 valence electrons. The quantitative estimate of drug-likeness (QED) is 0.604. The molecule has 5 nitrogen and oxygen atoms in total. The van der Waals surface area contributed by atoms with E-state index in [1.165, 1.54) is 0 Å². The van der Waals surface area contributed by atoms with Gasteiger partial charge in [0.2, 0.25) is 0 Å². The van der Waals surface area contributed by atoms with Crippen LogP contribution in [0.3, 0.4) is 0 Å². The van der Waals surface area contributed by atoms with E-state index in [-0.39, 0.29) is 17.6 Å². The van der Waals surface area contributed by atoms with Gasteiger partial charge in [0.1, 0.15) is 0 Å². The van der Waals surface area contributed by atoms with Gasteiger partial charge in [-0.2, -0.15) is 0 Å². The second-order valence-corrected chi connectivity index (χ2v) is 4.24. The topological polar surface area (TPSA) is 76.4 Å². The van der Waals surface area contributed by atoms with Gasteiger partial charge in [-0.25, -0.2) is 4.79 Å². The van der Waals surface area contributed by atoms with Gasteiger partial charge in [0.25, 0.3) is 0 Å². The molecule has 0 heterocycles. The summed E-state index contributed by atoms with van der Waals surface area (Å²) in [6.45, 7) is 6.54. The van der Waals surface area contributed by atoms with Crippen LogP contribution in [0.15, 0.2) is 0 Å². The molecule has 4 N–H and O–H groups in total. The summed E-state index contributed by atoms with van der Waals surface area (Å²) in [6.07, 6.45) is 0. The van der Waals surface area contributed by atoms with Crippen LogP contribution in [0.2, 0.25) is 0 Å². The predicted octanol–water partition coefficient (Wildman–Crippen LogP) is 0.0578. The van der Waals surface area contributed by atoms with Crippen LogP contribution in [-0.2, 0) is 4.74 Å². The molecule has 0 bridgehead atoms. The van der Waals surface area contributed by atoms with Crippen molar-refractivity contribution in [3.8, 4) is 0 Å². The third kappa shape index (κ3) is 6.68. The van der Waals surface area contributed by atoms with Gasteiger partial charge in [0.05, 0.1) is 12.6 Å². The van der Waals surface area contributed by atoms with Gasteiger partial charge in [0.15, 0.2) is 0 Å². The molecule has 0 aromatic carbocycles. The number of hydrogen-bond acceptors (Lipinski definition) is 3. The molecule has 0 aromatic rings. The number of ether oxygens (including phenoxy) is 1. The molecule has 0 aliphatic heterocycles. The Morgan fingerprint density at radius 3 is 2.43 bits per heavy atom. The van der Waals surface area contributed by atoms with E-state index in [2.05, 4.69) is 10.6 Å². The molecule has 5 heteroatoms. The van der Waals surface area contributed by atoms with E-state index >= 15 is 0 Å². The first-order valence-electron chi connectivity index (χ1n) is 4.66. The van der Waals surface area contributed by atoms with Gasteiger partial charge in [0, 0.05) is 19.2 Å². The fraction of sp³-hybridized carbons (Fsp3) is 0.889. The fourth-order valence-corrected chi connectivity index (χ4v) is 0.932. The number of amides is 2. The molecule has 0 rings (SSSR count). The number of nitrogens with two attached hydrogens (primary N) is 1. The van der Waals surface area contributed by atoms with Crippen molar-refractivity contribution in [2.45, 2.75) is 32.4 Å².